The van der Waals surface area contributed by atoms with Crippen LogP contribution in [-0.4, -0.2) is 25.0 Å². The van der Waals surface area contributed by atoms with Gasteiger partial charge in [-0.15, -0.1) is 0 Å². The zero-order chi connectivity index (χ0) is 19.1. The second kappa shape index (κ2) is 9.24. The lowest BCUT2D eigenvalue weighted by Gasteiger charge is -2.13. The van der Waals surface area contributed by atoms with Crippen molar-refractivity contribution in [3.63, 3.8) is 0 Å². The Hall–Kier alpha value is -2.54. The maximum Gasteiger partial charge on any atom is 0.269 e. The van der Waals surface area contributed by atoms with Crippen LogP contribution in [0.4, 0.5) is 0 Å². The number of carbonyl (C=O) groups is 2. The molecule has 2 amide bonds. The largest absolute Gasteiger partial charge is 0.496 e. The minimum atomic E-state index is -0.436. The van der Waals surface area contributed by atoms with Crippen molar-refractivity contribution >= 4 is 27.7 Å². The summed E-state index contributed by atoms with van der Waals surface area (Å²) in [5.41, 5.74) is 5.56. The molecule has 138 valence electrons. The maximum atomic E-state index is 12.2. The summed E-state index contributed by atoms with van der Waals surface area (Å²) in [6.45, 7) is 3.98. The van der Waals surface area contributed by atoms with Crippen molar-refractivity contribution in [2.75, 3.05) is 7.11 Å². The highest BCUT2D eigenvalue weighted by molar-refractivity contribution is 9.10. The monoisotopic (exact) mass is 420 g/mol. The van der Waals surface area contributed by atoms with Gasteiger partial charge in [0.25, 0.3) is 11.8 Å². The molecule has 1 unspecified atom stereocenters. The first-order valence-electron chi connectivity index (χ1n) is 8.15. The fourth-order valence-electron chi connectivity index (χ4n) is 2.09. The molecule has 26 heavy (non-hydrogen) atoms. The van der Waals surface area contributed by atoms with E-state index in [9.17, 15) is 9.59 Å². The number of hydrogen-bond donors (Lipinski definition) is 2. The maximum absolute atomic E-state index is 12.2. The Morgan fingerprint density at radius 1 is 1.08 bits per heavy atom. The van der Waals surface area contributed by atoms with Crippen molar-refractivity contribution in [3.8, 4) is 11.5 Å². The van der Waals surface area contributed by atoms with E-state index in [2.05, 4.69) is 26.8 Å². The van der Waals surface area contributed by atoms with Crippen LogP contribution >= 0.6 is 15.9 Å². The normalized spacial score (nSPS) is 11.4. The van der Waals surface area contributed by atoms with Gasteiger partial charge in [0, 0.05) is 11.1 Å². The third-order valence-corrected chi connectivity index (χ3v) is 4.33. The molecular weight excluding hydrogens is 400 g/mol. The summed E-state index contributed by atoms with van der Waals surface area (Å²) in [7, 11) is 1.54. The molecule has 0 aliphatic carbocycles. The van der Waals surface area contributed by atoms with Gasteiger partial charge in [0.05, 0.1) is 17.7 Å². The highest BCUT2D eigenvalue weighted by Crippen LogP contribution is 2.25. The number of amides is 2. The highest BCUT2D eigenvalue weighted by Gasteiger charge is 2.12. The van der Waals surface area contributed by atoms with Gasteiger partial charge in [-0.1, -0.05) is 13.0 Å². The molecule has 0 radical (unpaired) electrons. The second-order valence-electron chi connectivity index (χ2n) is 5.62. The van der Waals surface area contributed by atoms with Crippen LogP contribution < -0.4 is 20.3 Å². The third kappa shape index (κ3) is 5.23. The average Bonchev–Trinajstić information content (AvgIpc) is 2.65. The molecule has 0 fully saturated rings. The van der Waals surface area contributed by atoms with E-state index in [1.54, 1.807) is 49.6 Å². The molecule has 2 aromatic rings. The molecule has 0 bridgehead atoms. The van der Waals surface area contributed by atoms with Crippen molar-refractivity contribution in [2.24, 2.45) is 0 Å². The Labute approximate surface area is 161 Å². The van der Waals surface area contributed by atoms with Crippen LogP contribution in [0.5, 0.6) is 11.5 Å². The highest BCUT2D eigenvalue weighted by atomic mass is 79.9. The smallest absolute Gasteiger partial charge is 0.269 e. The minimum Gasteiger partial charge on any atom is -0.496 e. The number of hydrogen-bond acceptors (Lipinski definition) is 4. The molecule has 1 atom stereocenters. The number of hydrazine groups is 1. The van der Waals surface area contributed by atoms with Crippen LogP contribution in [0.3, 0.4) is 0 Å². The number of halogens is 1. The van der Waals surface area contributed by atoms with Crippen molar-refractivity contribution in [2.45, 2.75) is 26.4 Å². The van der Waals surface area contributed by atoms with E-state index in [-0.39, 0.29) is 6.10 Å². The third-order valence-electron chi connectivity index (χ3n) is 3.71. The van der Waals surface area contributed by atoms with Gasteiger partial charge in [0.2, 0.25) is 0 Å². The number of nitrogens with one attached hydrogen (secondary N) is 2. The van der Waals surface area contributed by atoms with Crippen molar-refractivity contribution in [3.05, 3.63) is 58.1 Å². The zero-order valence-electron chi connectivity index (χ0n) is 14.8. The molecule has 0 aromatic heterocycles. The Bertz CT molecular complexity index is 795. The van der Waals surface area contributed by atoms with E-state index in [0.29, 0.717) is 27.1 Å². The van der Waals surface area contributed by atoms with E-state index >= 15 is 0 Å². The van der Waals surface area contributed by atoms with Gasteiger partial charge in [-0.05, 0) is 65.7 Å². The number of benzene rings is 2. The quantitative estimate of drug-likeness (QED) is 0.698. The van der Waals surface area contributed by atoms with Crippen molar-refractivity contribution in [1.82, 2.24) is 10.9 Å². The molecule has 0 saturated carbocycles. The number of rotatable bonds is 6. The second-order valence-corrected chi connectivity index (χ2v) is 6.48. The van der Waals surface area contributed by atoms with Crippen LogP contribution in [0, 0.1) is 0 Å². The van der Waals surface area contributed by atoms with Gasteiger partial charge in [0.15, 0.2) is 0 Å². The molecule has 2 aromatic carbocycles. The Balaban J connectivity index is 1.98. The SMILES string of the molecule is CCC(C)Oc1cccc(C(=O)NNC(=O)c2ccc(OC)c(Br)c2)c1. The lowest BCUT2D eigenvalue weighted by atomic mass is 10.2. The molecule has 2 rings (SSSR count). The fourth-order valence-corrected chi connectivity index (χ4v) is 2.63. The standard InChI is InChI=1S/C19H21BrN2O4/c1-4-12(2)26-15-7-5-6-13(10-15)18(23)21-22-19(24)14-8-9-17(25-3)16(20)11-14/h5-12H,4H2,1-3H3,(H,21,23)(H,22,24). The molecule has 0 heterocycles. The van der Waals surface area contributed by atoms with E-state index in [1.807, 2.05) is 13.8 Å². The summed E-state index contributed by atoms with van der Waals surface area (Å²) in [6, 6.07) is 11.7. The van der Waals surface area contributed by atoms with E-state index in [0.717, 1.165) is 6.42 Å². The van der Waals surface area contributed by atoms with Gasteiger partial charge in [-0.25, -0.2) is 0 Å². The van der Waals surface area contributed by atoms with Crippen LogP contribution in [0.1, 0.15) is 41.0 Å². The summed E-state index contributed by atoms with van der Waals surface area (Å²) in [5, 5.41) is 0. The van der Waals surface area contributed by atoms with Crippen molar-refractivity contribution in [1.29, 1.82) is 0 Å². The van der Waals surface area contributed by atoms with Gasteiger partial charge >= 0.3 is 0 Å². The first-order valence-corrected chi connectivity index (χ1v) is 8.94. The lowest BCUT2D eigenvalue weighted by Crippen LogP contribution is -2.41. The van der Waals surface area contributed by atoms with Crippen LogP contribution in [0.15, 0.2) is 46.9 Å². The van der Waals surface area contributed by atoms with E-state index in [4.69, 9.17) is 9.47 Å². The van der Waals surface area contributed by atoms with Crippen LogP contribution in [0.2, 0.25) is 0 Å². The van der Waals surface area contributed by atoms with Crippen molar-refractivity contribution < 1.29 is 19.1 Å². The van der Waals surface area contributed by atoms with Crippen LogP contribution in [-0.2, 0) is 0 Å². The molecule has 6 nitrogen and oxygen atoms in total. The first kappa shape index (κ1) is 19.8. The zero-order valence-corrected chi connectivity index (χ0v) is 16.4. The predicted molar refractivity (Wildman–Crippen MR) is 102 cm³/mol. The summed E-state index contributed by atoms with van der Waals surface area (Å²) < 4.78 is 11.5. The minimum absolute atomic E-state index is 0.0570. The summed E-state index contributed by atoms with van der Waals surface area (Å²) >= 11 is 3.32. The Kier molecular flexibility index (Phi) is 7.03. The van der Waals surface area contributed by atoms with Gasteiger partial charge in [-0.2, -0.15) is 0 Å². The molecular formula is C19H21BrN2O4. The topological polar surface area (TPSA) is 76.7 Å². The molecule has 0 aliphatic rings. The summed E-state index contributed by atoms with van der Waals surface area (Å²) in [5.74, 6) is 0.357. The Morgan fingerprint density at radius 2 is 1.73 bits per heavy atom. The average molecular weight is 421 g/mol. The number of carbonyl (C=O) groups excluding carboxylic acids is 2. The van der Waals surface area contributed by atoms with E-state index < -0.39 is 11.8 Å². The predicted octanol–water partition coefficient (Wildman–Crippen LogP) is 3.71. The summed E-state index contributed by atoms with van der Waals surface area (Å²) in [6.07, 6.45) is 0.922. The first-order chi connectivity index (χ1) is 12.4. The molecule has 7 heteroatoms. The Morgan fingerprint density at radius 3 is 2.31 bits per heavy atom. The molecule has 0 spiro atoms. The summed E-state index contributed by atoms with van der Waals surface area (Å²) in [4.78, 5) is 24.4. The number of ether oxygens (including phenoxy) is 2. The van der Waals surface area contributed by atoms with Crippen LogP contribution in [0.25, 0.3) is 0 Å². The molecule has 2 N–H and O–H groups in total. The fraction of sp³-hybridized carbons (Fsp3) is 0.263. The molecule has 0 aliphatic heterocycles. The lowest BCUT2D eigenvalue weighted by molar-refractivity contribution is 0.0846. The number of methoxy groups -OCH3 is 1. The van der Waals surface area contributed by atoms with E-state index in [1.165, 1.54) is 0 Å². The van der Waals surface area contributed by atoms with Gasteiger partial charge < -0.3 is 9.47 Å². The van der Waals surface area contributed by atoms with Gasteiger partial charge in [-0.3, -0.25) is 20.4 Å². The van der Waals surface area contributed by atoms with Gasteiger partial charge in [0.1, 0.15) is 11.5 Å². The molecule has 0 saturated heterocycles.